The van der Waals surface area contributed by atoms with Crippen LogP contribution in [0.2, 0.25) is 0 Å². The van der Waals surface area contributed by atoms with Crippen molar-refractivity contribution in [1.82, 2.24) is 0 Å². The molecule has 0 bridgehead atoms. The molecule has 0 radical (unpaired) electrons. The molecular weight excluding hydrogens is 143 g/mol. The van der Waals surface area contributed by atoms with E-state index in [1.807, 2.05) is 0 Å². The van der Waals surface area contributed by atoms with Crippen LogP contribution in [0.15, 0.2) is 0 Å². The zero-order valence-electron chi connectivity index (χ0n) is 4.86. The first-order valence-electron chi connectivity index (χ1n) is 2.22. The van der Waals surface area contributed by atoms with E-state index in [0.29, 0.717) is 0 Å². The van der Waals surface area contributed by atoms with Crippen molar-refractivity contribution in [3.63, 3.8) is 0 Å². The first kappa shape index (κ1) is 8.51. The number of rotatable bonds is 3. The molecule has 52 valence electrons. The van der Waals surface area contributed by atoms with Crippen LogP contribution in [0.4, 0.5) is 0 Å². The lowest BCUT2D eigenvalue weighted by atomic mass is 10.9. The van der Waals surface area contributed by atoms with Gasteiger partial charge in [-0.1, -0.05) is 6.42 Å². The van der Waals surface area contributed by atoms with Crippen LogP contribution in [0.25, 0.3) is 0 Å². The molecule has 1 unspecified atom stereocenters. The Hall–Kier alpha value is -0.490. The van der Waals surface area contributed by atoms with Crippen LogP contribution < -0.4 is 4.89 Å². The Morgan fingerprint density at radius 2 is 2.44 bits per heavy atom. The van der Waals surface area contributed by atoms with E-state index in [1.165, 1.54) is 13.0 Å². The number of terminal acetylenes is 1. The van der Waals surface area contributed by atoms with Crippen molar-refractivity contribution in [2.45, 2.75) is 6.92 Å². The molecule has 0 aromatic heterocycles. The molecule has 0 rings (SSSR count). The summed E-state index contributed by atoms with van der Waals surface area (Å²) in [6, 6.07) is 0. The highest BCUT2D eigenvalue weighted by Crippen LogP contribution is 2.36. The first-order valence-corrected chi connectivity index (χ1v) is 3.68. The highest BCUT2D eigenvalue weighted by molar-refractivity contribution is 7.46. The van der Waals surface area contributed by atoms with Crippen LogP contribution in [-0.4, -0.2) is 6.61 Å². The fourth-order valence-corrected chi connectivity index (χ4v) is 0.747. The average molecular weight is 149 g/mol. The lowest BCUT2D eigenvalue weighted by Gasteiger charge is -2.17. The summed E-state index contributed by atoms with van der Waals surface area (Å²) in [5.74, 6) is 0. The predicted molar refractivity (Wildman–Crippen MR) is 29.2 cm³/mol. The number of phosphoric ester groups is 1. The van der Waals surface area contributed by atoms with Crippen molar-refractivity contribution < 1.29 is 18.5 Å². The van der Waals surface area contributed by atoms with E-state index in [9.17, 15) is 9.46 Å². The Morgan fingerprint density at radius 3 is 2.78 bits per heavy atom. The SMILES string of the molecule is C#COP(=O)([O-])OCC. The van der Waals surface area contributed by atoms with Gasteiger partial charge in [-0.25, -0.2) is 0 Å². The second-order valence-electron chi connectivity index (χ2n) is 1.07. The third kappa shape index (κ3) is 4.04. The van der Waals surface area contributed by atoms with Gasteiger partial charge < -0.3 is 13.9 Å². The van der Waals surface area contributed by atoms with Crippen LogP contribution >= 0.6 is 7.82 Å². The molecule has 5 heteroatoms. The summed E-state index contributed by atoms with van der Waals surface area (Å²) < 4.78 is 18.2. The van der Waals surface area contributed by atoms with E-state index in [2.05, 4.69) is 15.5 Å². The van der Waals surface area contributed by atoms with E-state index in [1.54, 1.807) is 0 Å². The van der Waals surface area contributed by atoms with Gasteiger partial charge in [-0.2, -0.15) is 0 Å². The highest BCUT2D eigenvalue weighted by Gasteiger charge is 2.04. The van der Waals surface area contributed by atoms with Gasteiger partial charge in [-0.15, -0.1) is 0 Å². The van der Waals surface area contributed by atoms with Crippen molar-refractivity contribution in [1.29, 1.82) is 0 Å². The molecule has 0 heterocycles. The molecule has 1 atom stereocenters. The van der Waals surface area contributed by atoms with Crippen LogP contribution in [0.3, 0.4) is 0 Å². The van der Waals surface area contributed by atoms with Crippen LogP contribution in [-0.2, 0) is 13.6 Å². The summed E-state index contributed by atoms with van der Waals surface area (Å²) in [7, 11) is -4.18. The molecular formula is C4H6O4P-. The second-order valence-corrected chi connectivity index (χ2v) is 2.41. The van der Waals surface area contributed by atoms with Crippen LogP contribution in [0.5, 0.6) is 0 Å². The molecule has 0 fully saturated rings. The van der Waals surface area contributed by atoms with E-state index in [0.717, 1.165) is 0 Å². The number of hydrogen-bond acceptors (Lipinski definition) is 4. The van der Waals surface area contributed by atoms with E-state index in [-0.39, 0.29) is 6.61 Å². The smallest absolute Gasteiger partial charge is 0.328 e. The minimum Gasteiger partial charge on any atom is -0.746 e. The minimum absolute atomic E-state index is 0.0302. The molecule has 9 heavy (non-hydrogen) atoms. The van der Waals surface area contributed by atoms with Gasteiger partial charge in [0.25, 0.3) is 0 Å². The highest BCUT2D eigenvalue weighted by atomic mass is 31.2. The predicted octanol–water partition coefficient (Wildman–Crippen LogP) is 0.0986. The Kier molecular flexibility index (Phi) is 3.33. The molecule has 0 amide bonds. The average Bonchev–Trinajstić information content (AvgIpc) is 1.64. The number of hydrogen-bond donors (Lipinski definition) is 0. The van der Waals surface area contributed by atoms with Crippen molar-refractivity contribution in [2.75, 3.05) is 6.61 Å². The normalized spacial score (nSPS) is 15.7. The van der Waals surface area contributed by atoms with Gasteiger partial charge in [-0.3, -0.25) is 4.57 Å². The first-order chi connectivity index (χ1) is 4.12. The second kappa shape index (κ2) is 3.52. The van der Waals surface area contributed by atoms with Crippen LogP contribution in [0, 0.1) is 12.5 Å². The van der Waals surface area contributed by atoms with Gasteiger partial charge >= 0.3 is 7.82 Å². The zero-order chi connectivity index (χ0) is 7.33. The van der Waals surface area contributed by atoms with Gasteiger partial charge in [0, 0.05) is 0 Å². The molecule has 0 aliphatic rings. The topological polar surface area (TPSA) is 58.6 Å². The molecule has 0 aliphatic carbocycles. The van der Waals surface area contributed by atoms with E-state index >= 15 is 0 Å². The van der Waals surface area contributed by atoms with Gasteiger partial charge in [0.15, 0.2) is 0 Å². The summed E-state index contributed by atoms with van der Waals surface area (Å²) in [6.07, 6.45) is 6.01. The van der Waals surface area contributed by atoms with Crippen molar-refractivity contribution in [2.24, 2.45) is 0 Å². The molecule has 4 nitrogen and oxygen atoms in total. The number of phosphoric acid groups is 1. The molecule has 0 N–H and O–H groups in total. The summed E-state index contributed by atoms with van der Waals surface area (Å²) in [5.41, 5.74) is 0. The lowest BCUT2D eigenvalue weighted by Crippen LogP contribution is -2.05. The Balaban J connectivity index is 3.75. The summed E-state index contributed by atoms with van der Waals surface area (Å²) in [4.78, 5) is 10.3. The van der Waals surface area contributed by atoms with Crippen molar-refractivity contribution >= 4 is 7.82 Å². The molecule has 0 saturated carbocycles. The summed E-state index contributed by atoms with van der Waals surface area (Å²) >= 11 is 0. The van der Waals surface area contributed by atoms with Gasteiger partial charge in [0.2, 0.25) is 0 Å². The largest absolute Gasteiger partial charge is 0.746 e. The Morgan fingerprint density at radius 1 is 1.89 bits per heavy atom. The third-order valence-corrected chi connectivity index (χ3v) is 1.36. The maximum absolute atomic E-state index is 10.3. The fraction of sp³-hybridized carbons (Fsp3) is 0.500. The van der Waals surface area contributed by atoms with Crippen LogP contribution in [0.1, 0.15) is 6.92 Å². The lowest BCUT2D eigenvalue weighted by molar-refractivity contribution is -0.218. The van der Waals surface area contributed by atoms with Gasteiger partial charge in [0.1, 0.15) is 6.11 Å². The van der Waals surface area contributed by atoms with E-state index in [4.69, 9.17) is 0 Å². The molecule has 0 aliphatic heterocycles. The summed E-state index contributed by atoms with van der Waals surface area (Å²) in [6.45, 7) is 1.55. The third-order valence-electron chi connectivity index (χ3n) is 0.452. The maximum Gasteiger partial charge on any atom is 0.328 e. The quantitative estimate of drug-likeness (QED) is 0.421. The summed E-state index contributed by atoms with van der Waals surface area (Å²) in [5, 5.41) is 0. The molecule has 0 aromatic carbocycles. The molecule has 0 spiro atoms. The minimum atomic E-state index is -4.18. The Labute approximate surface area is 53.4 Å². The maximum atomic E-state index is 10.3. The molecule has 0 saturated heterocycles. The standard InChI is InChI=1S/C4H7O4P/c1-3-7-9(5,6)8-4-2/h1H,4H2,2H3,(H,5,6)/p-1. The van der Waals surface area contributed by atoms with E-state index < -0.39 is 7.82 Å². The Bertz CT molecular complexity index is 158. The zero-order valence-corrected chi connectivity index (χ0v) is 5.76. The fourth-order valence-electron chi connectivity index (χ4n) is 0.249. The van der Waals surface area contributed by atoms with Crippen molar-refractivity contribution in [3.05, 3.63) is 0 Å². The molecule has 0 aromatic rings. The van der Waals surface area contributed by atoms with Crippen molar-refractivity contribution in [3.8, 4) is 12.5 Å². The van der Waals surface area contributed by atoms with Gasteiger partial charge in [0.05, 0.1) is 6.61 Å². The monoisotopic (exact) mass is 149 g/mol. The van der Waals surface area contributed by atoms with Gasteiger partial charge in [-0.05, 0) is 6.92 Å².